The van der Waals surface area contributed by atoms with Crippen LogP contribution in [-0.4, -0.2) is 13.0 Å². The summed E-state index contributed by atoms with van der Waals surface area (Å²) in [5.74, 6) is 0.688. The molecule has 0 radical (unpaired) electrons. The van der Waals surface area contributed by atoms with Gasteiger partial charge in [0.25, 0.3) is 5.91 Å². The molecule has 0 aliphatic carbocycles. The van der Waals surface area contributed by atoms with E-state index < -0.39 is 5.91 Å². The molecule has 0 aromatic heterocycles. The summed E-state index contributed by atoms with van der Waals surface area (Å²) in [5, 5.41) is 12.2. The van der Waals surface area contributed by atoms with Gasteiger partial charge in [0.05, 0.1) is 10.7 Å². The monoisotopic (exact) mass is 538 g/mol. The number of carbonyl (C=O) groups excluding carboxylic acids is 1. The molecule has 3 aromatic carbocycles. The first-order valence-electron chi connectivity index (χ1n) is 9.95. The molecule has 0 fully saturated rings. The topological polar surface area (TPSA) is 71.3 Å². The van der Waals surface area contributed by atoms with Gasteiger partial charge >= 0.3 is 0 Å². The number of nitriles is 1. The van der Waals surface area contributed by atoms with E-state index >= 15 is 0 Å². The van der Waals surface area contributed by atoms with Crippen molar-refractivity contribution < 1.29 is 14.3 Å². The lowest BCUT2D eigenvalue weighted by Gasteiger charge is -2.14. The highest BCUT2D eigenvalue weighted by Gasteiger charge is 2.14. The van der Waals surface area contributed by atoms with Crippen molar-refractivity contribution in [3.8, 4) is 17.6 Å². The number of hydrogen-bond donors (Lipinski definition) is 1. The Balaban J connectivity index is 1.82. The summed E-state index contributed by atoms with van der Waals surface area (Å²) in [7, 11) is 1.57. The number of halogens is 1. The second kappa shape index (κ2) is 10.8. The van der Waals surface area contributed by atoms with Crippen molar-refractivity contribution in [3.05, 3.63) is 92.1 Å². The molecule has 1 N–H and O–H groups in total. The first kappa shape index (κ1) is 23.4. The number of methoxy groups -OCH3 is 1. The van der Waals surface area contributed by atoms with Crippen LogP contribution in [0.1, 0.15) is 22.3 Å². The summed E-state index contributed by atoms with van der Waals surface area (Å²) < 4.78 is 12.4. The third-order valence-electron chi connectivity index (χ3n) is 4.62. The third kappa shape index (κ3) is 6.11. The number of hydrogen-bond acceptors (Lipinski definition) is 4. The van der Waals surface area contributed by atoms with Crippen LogP contribution in [0.5, 0.6) is 11.5 Å². The van der Waals surface area contributed by atoms with Crippen LogP contribution in [0.25, 0.3) is 6.08 Å². The molecule has 3 rings (SSSR count). The molecule has 1 amide bonds. The second-order valence-electron chi connectivity index (χ2n) is 7.31. The van der Waals surface area contributed by atoms with Crippen molar-refractivity contribution in [1.29, 1.82) is 5.26 Å². The molecule has 0 aliphatic rings. The number of aryl methyl sites for hydroxylation is 2. The van der Waals surface area contributed by atoms with Crippen LogP contribution in [0.2, 0.25) is 0 Å². The molecular formula is C26H23IN2O3. The Morgan fingerprint density at radius 2 is 1.78 bits per heavy atom. The number of amides is 1. The molecule has 0 unspecified atom stereocenters. The van der Waals surface area contributed by atoms with Crippen LogP contribution in [-0.2, 0) is 11.4 Å². The smallest absolute Gasteiger partial charge is 0.266 e. The van der Waals surface area contributed by atoms with E-state index in [-0.39, 0.29) is 5.57 Å². The fourth-order valence-electron chi connectivity index (χ4n) is 3.31. The largest absolute Gasteiger partial charge is 0.493 e. The number of ether oxygens (including phenoxy) is 2. The Bertz CT molecular complexity index is 1180. The summed E-state index contributed by atoms with van der Waals surface area (Å²) >= 11 is 2.17. The maximum absolute atomic E-state index is 12.5. The molecule has 0 bridgehead atoms. The van der Waals surface area contributed by atoms with Crippen molar-refractivity contribution in [2.75, 3.05) is 12.4 Å². The average molecular weight is 538 g/mol. The second-order valence-corrected chi connectivity index (χ2v) is 8.47. The summed E-state index contributed by atoms with van der Waals surface area (Å²) in [6, 6.07) is 20.9. The molecule has 0 aliphatic heterocycles. The van der Waals surface area contributed by atoms with Crippen molar-refractivity contribution in [1.82, 2.24) is 0 Å². The van der Waals surface area contributed by atoms with E-state index in [2.05, 4.69) is 60.0 Å². The highest BCUT2D eigenvalue weighted by molar-refractivity contribution is 14.1. The number of nitrogens with one attached hydrogen (secondary N) is 1. The summed E-state index contributed by atoms with van der Waals surface area (Å²) in [6.45, 7) is 4.53. The zero-order valence-corrected chi connectivity index (χ0v) is 20.3. The Hall–Kier alpha value is -3.31. The molecule has 0 heterocycles. The SMILES string of the molecule is COc1cc(/C=C(\C#N)C(=O)Nc2ccccc2)cc(I)c1OCc1cc(C)cc(C)c1. The minimum Gasteiger partial charge on any atom is -0.493 e. The molecule has 32 heavy (non-hydrogen) atoms. The van der Waals surface area contributed by atoms with Gasteiger partial charge < -0.3 is 14.8 Å². The zero-order chi connectivity index (χ0) is 23.1. The van der Waals surface area contributed by atoms with E-state index in [0.29, 0.717) is 29.4 Å². The van der Waals surface area contributed by atoms with Crippen LogP contribution >= 0.6 is 22.6 Å². The number of nitrogens with zero attached hydrogens (tertiary/aromatic N) is 1. The molecule has 0 saturated carbocycles. The summed E-state index contributed by atoms with van der Waals surface area (Å²) in [6.07, 6.45) is 1.54. The molecule has 0 atom stereocenters. The zero-order valence-electron chi connectivity index (χ0n) is 18.1. The molecule has 0 saturated heterocycles. The maximum Gasteiger partial charge on any atom is 0.266 e. The predicted octanol–water partition coefficient (Wildman–Crippen LogP) is 6.04. The Morgan fingerprint density at radius 3 is 2.41 bits per heavy atom. The lowest BCUT2D eigenvalue weighted by atomic mass is 10.1. The number of carbonyl (C=O) groups is 1. The van der Waals surface area contributed by atoms with E-state index in [4.69, 9.17) is 9.47 Å². The summed E-state index contributed by atoms with van der Waals surface area (Å²) in [4.78, 5) is 12.5. The minimum atomic E-state index is -0.470. The fourth-order valence-corrected chi connectivity index (χ4v) is 4.09. The minimum absolute atomic E-state index is 0.00406. The van der Waals surface area contributed by atoms with Crippen molar-refractivity contribution in [3.63, 3.8) is 0 Å². The van der Waals surface area contributed by atoms with Crippen LogP contribution in [0, 0.1) is 28.7 Å². The van der Waals surface area contributed by atoms with Crippen LogP contribution < -0.4 is 14.8 Å². The van der Waals surface area contributed by atoms with E-state index in [1.807, 2.05) is 30.3 Å². The lowest BCUT2D eigenvalue weighted by Crippen LogP contribution is -2.13. The quantitative estimate of drug-likeness (QED) is 0.226. The number of para-hydroxylation sites is 1. The molecule has 3 aromatic rings. The van der Waals surface area contributed by atoms with Gasteiger partial charge in [0.2, 0.25) is 0 Å². The summed E-state index contributed by atoms with van der Waals surface area (Å²) in [5.41, 5.74) is 4.74. The van der Waals surface area contributed by atoms with E-state index in [9.17, 15) is 10.1 Å². The van der Waals surface area contributed by atoms with Gasteiger partial charge in [0.15, 0.2) is 11.5 Å². The number of anilines is 1. The van der Waals surface area contributed by atoms with Gasteiger partial charge in [-0.1, -0.05) is 47.5 Å². The van der Waals surface area contributed by atoms with Gasteiger partial charge in [0.1, 0.15) is 18.2 Å². The van der Waals surface area contributed by atoms with Gasteiger partial charge in [-0.2, -0.15) is 5.26 Å². The molecule has 6 heteroatoms. The van der Waals surface area contributed by atoms with Crippen LogP contribution in [0.4, 0.5) is 5.69 Å². The molecular weight excluding hydrogens is 515 g/mol. The van der Waals surface area contributed by atoms with Crippen LogP contribution in [0.15, 0.2) is 66.2 Å². The maximum atomic E-state index is 12.5. The first-order chi connectivity index (χ1) is 15.4. The highest BCUT2D eigenvalue weighted by Crippen LogP contribution is 2.35. The standard InChI is InChI=1S/C26H23IN2O3/c1-17-9-18(2)11-20(10-17)16-32-25-23(27)13-19(14-24(25)31-3)12-21(15-28)26(30)29-22-7-5-4-6-8-22/h4-14H,16H2,1-3H3,(H,29,30)/b21-12+. The van der Waals surface area contributed by atoms with E-state index in [1.54, 1.807) is 25.3 Å². The van der Waals surface area contributed by atoms with Gasteiger partial charge in [-0.05, 0) is 77.9 Å². The predicted molar refractivity (Wildman–Crippen MR) is 135 cm³/mol. The number of rotatable bonds is 7. The molecule has 0 spiro atoms. The molecule has 5 nitrogen and oxygen atoms in total. The van der Waals surface area contributed by atoms with Crippen molar-refractivity contribution >= 4 is 40.3 Å². The Morgan fingerprint density at radius 1 is 1.09 bits per heavy atom. The van der Waals surface area contributed by atoms with E-state index in [1.165, 1.54) is 17.2 Å². The normalized spacial score (nSPS) is 10.9. The van der Waals surface area contributed by atoms with Gasteiger partial charge in [-0.3, -0.25) is 4.79 Å². The average Bonchev–Trinajstić information content (AvgIpc) is 2.76. The number of benzene rings is 3. The highest BCUT2D eigenvalue weighted by atomic mass is 127. The Kier molecular flexibility index (Phi) is 7.90. The Labute approximate surface area is 201 Å². The van der Waals surface area contributed by atoms with Gasteiger partial charge in [0, 0.05) is 5.69 Å². The third-order valence-corrected chi connectivity index (χ3v) is 5.43. The van der Waals surface area contributed by atoms with E-state index in [0.717, 1.165) is 9.13 Å². The van der Waals surface area contributed by atoms with Gasteiger partial charge in [-0.15, -0.1) is 0 Å². The van der Waals surface area contributed by atoms with Crippen molar-refractivity contribution in [2.45, 2.75) is 20.5 Å². The molecule has 162 valence electrons. The first-order valence-corrected chi connectivity index (χ1v) is 11.0. The lowest BCUT2D eigenvalue weighted by molar-refractivity contribution is -0.112. The van der Waals surface area contributed by atoms with Crippen molar-refractivity contribution in [2.24, 2.45) is 0 Å². The van der Waals surface area contributed by atoms with Crippen LogP contribution in [0.3, 0.4) is 0 Å². The fraction of sp³-hybridized carbons (Fsp3) is 0.154. The van der Waals surface area contributed by atoms with Gasteiger partial charge in [-0.25, -0.2) is 0 Å².